The predicted octanol–water partition coefficient (Wildman–Crippen LogP) is 4.93. The van der Waals surface area contributed by atoms with Crippen molar-refractivity contribution in [3.05, 3.63) is 34.3 Å². The van der Waals surface area contributed by atoms with Crippen molar-refractivity contribution in [2.45, 2.75) is 45.1 Å². The minimum absolute atomic E-state index is 0.512. The summed E-state index contributed by atoms with van der Waals surface area (Å²) in [5, 5.41) is 3.83. The van der Waals surface area contributed by atoms with Gasteiger partial charge in [0.2, 0.25) is 0 Å². The fourth-order valence-electron chi connectivity index (χ4n) is 3.27. The van der Waals surface area contributed by atoms with Crippen molar-refractivity contribution in [2.75, 3.05) is 6.54 Å². The molecule has 2 saturated carbocycles. The normalized spacial score (nSPS) is 20.8. The second-order valence-corrected chi connectivity index (χ2v) is 7.18. The summed E-state index contributed by atoms with van der Waals surface area (Å²) in [5.41, 5.74) is 1.42. The van der Waals surface area contributed by atoms with Crippen molar-refractivity contribution in [3.8, 4) is 0 Å². The molecule has 1 N–H and O–H groups in total. The maximum Gasteiger partial charge on any atom is 0.0318 e. The minimum atomic E-state index is 0.512. The Morgan fingerprint density at radius 1 is 1.21 bits per heavy atom. The molecule has 1 atom stereocenters. The number of nitrogens with one attached hydrogen (secondary N) is 1. The quantitative estimate of drug-likeness (QED) is 0.751. The van der Waals surface area contributed by atoms with Gasteiger partial charge in [0, 0.05) is 10.5 Å². The third-order valence-electron chi connectivity index (χ3n) is 4.71. The van der Waals surface area contributed by atoms with Crippen LogP contribution >= 0.6 is 15.9 Å². The summed E-state index contributed by atoms with van der Waals surface area (Å²) >= 11 is 3.58. The van der Waals surface area contributed by atoms with Crippen LogP contribution in [0.15, 0.2) is 28.7 Å². The van der Waals surface area contributed by atoms with Gasteiger partial charge in [0.1, 0.15) is 0 Å². The first-order chi connectivity index (χ1) is 9.28. The molecule has 0 radical (unpaired) electrons. The van der Waals surface area contributed by atoms with Gasteiger partial charge in [0.25, 0.3) is 0 Å². The van der Waals surface area contributed by atoms with E-state index in [1.165, 1.54) is 48.7 Å². The predicted molar refractivity (Wildman–Crippen MR) is 84.1 cm³/mol. The first-order valence-corrected chi connectivity index (χ1v) is 8.56. The maximum absolute atomic E-state index is 3.83. The molecule has 0 bridgehead atoms. The third-order valence-corrected chi connectivity index (χ3v) is 5.21. The van der Waals surface area contributed by atoms with E-state index in [-0.39, 0.29) is 0 Å². The summed E-state index contributed by atoms with van der Waals surface area (Å²) in [6.45, 7) is 3.50. The van der Waals surface area contributed by atoms with Gasteiger partial charge in [-0.2, -0.15) is 0 Å². The summed E-state index contributed by atoms with van der Waals surface area (Å²) in [5.74, 6) is 3.04. The molecular formula is C17H24BrN. The van der Waals surface area contributed by atoms with Gasteiger partial charge in [-0.05, 0) is 74.1 Å². The molecule has 1 aromatic carbocycles. The number of halogens is 1. The highest BCUT2D eigenvalue weighted by Gasteiger charge is 2.41. The Labute approximate surface area is 125 Å². The SMILES string of the molecule is CCC(NCC(C1CC1)C1CC1)c1cccc(Br)c1. The highest BCUT2D eigenvalue weighted by atomic mass is 79.9. The molecule has 0 amide bonds. The van der Waals surface area contributed by atoms with Crippen LogP contribution in [0.2, 0.25) is 0 Å². The van der Waals surface area contributed by atoms with Crippen molar-refractivity contribution in [1.29, 1.82) is 0 Å². The van der Waals surface area contributed by atoms with Gasteiger partial charge in [0.05, 0.1) is 0 Å². The number of hydrogen-bond donors (Lipinski definition) is 1. The molecule has 2 heteroatoms. The van der Waals surface area contributed by atoms with Crippen LogP contribution in [-0.4, -0.2) is 6.54 Å². The zero-order chi connectivity index (χ0) is 13.2. The second kappa shape index (κ2) is 5.97. The van der Waals surface area contributed by atoms with Crippen LogP contribution in [0.1, 0.15) is 50.6 Å². The number of rotatable bonds is 7. The van der Waals surface area contributed by atoms with Gasteiger partial charge in [-0.3, -0.25) is 0 Å². The van der Waals surface area contributed by atoms with Crippen LogP contribution in [0.5, 0.6) is 0 Å². The van der Waals surface area contributed by atoms with Gasteiger partial charge in [0.15, 0.2) is 0 Å². The van der Waals surface area contributed by atoms with Crippen molar-refractivity contribution in [1.82, 2.24) is 5.32 Å². The fourth-order valence-corrected chi connectivity index (χ4v) is 3.68. The molecule has 0 saturated heterocycles. The molecule has 0 spiro atoms. The molecule has 1 nitrogen and oxygen atoms in total. The van der Waals surface area contributed by atoms with Gasteiger partial charge in [-0.1, -0.05) is 35.0 Å². The largest absolute Gasteiger partial charge is 0.310 e. The van der Waals surface area contributed by atoms with Crippen molar-refractivity contribution < 1.29 is 0 Å². The monoisotopic (exact) mass is 321 g/mol. The summed E-state index contributed by atoms with van der Waals surface area (Å²) in [4.78, 5) is 0. The summed E-state index contributed by atoms with van der Waals surface area (Å²) in [6.07, 6.45) is 7.10. The van der Waals surface area contributed by atoms with E-state index in [9.17, 15) is 0 Å². The van der Waals surface area contributed by atoms with Crippen molar-refractivity contribution in [3.63, 3.8) is 0 Å². The Balaban J connectivity index is 1.59. The average molecular weight is 322 g/mol. The molecule has 2 aliphatic rings. The van der Waals surface area contributed by atoms with E-state index >= 15 is 0 Å². The highest BCUT2D eigenvalue weighted by molar-refractivity contribution is 9.10. The van der Waals surface area contributed by atoms with Crippen LogP contribution in [0.4, 0.5) is 0 Å². The molecule has 1 unspecified atom stereocenters. The number of benzene rings is 1. The van der Waals surface area contributed by atoms with Gasteiger partial charge >= 0.3 is 0 Å². The first-order valence-electron chi connectivity index (χ1n) is 7.76. The molecule has 0 heterocycles. The average Bonchev–Trinajstić information content (AvgIpc) is 3.28. The molecule has 0 aromatic heterocycles. The fraction of sp³-hybridized carbons (Fsp3) is 0.647. The van der Waals surface area contributed by atoms with E-state index in [0.717, 1.165) is 17.8 Å². The van der Waals surface area contributed by atoms with E-state index < -0.39 is 0 Å². The lowest BCUT2D eigenvalue weighted by atomic mass is 9.96. The Hall–Kier alpha value is -0.340. The van der Waals surface area contributed by atoms with Gasteiger partial charge in [-0.15, -0.1) is 0 Å². The third kappa shape index (κ3) is 3.61. The summed E-state index contributed by atoms with van der Waals surface area (Å²) in [6, 6.07) is 9.26. The second-order valence-electron chi connectivity index (χ2n) is 6.26. The summed E-state index contributed by atoms with van der Waals surface area (Å²) < 4.78 is 1.19. The van der Waals surface area contributed by atoms with E-state index in [4.69, 9.17) is 0 Å². The summed E-state index contributed by atoms with van der Waals surface area (Å²) in [7, 11) is 0. The van der Waals surface area contributed by atoms with Crippen LogP contribution in [0.3, 0.4) is 0 Å². The van der Waals surface area contributed by atoms with Gasteiger partial charge in [-0.25, -0.2) is 0 Å². The molecule has 19 heavy (non-hydrogen) atoms. The Bertz CT molecular complexity index is 411. The van der Waals surface area contributed by atoms with E-state index in [1.54, 1.807) is 0 Å². The van der Waals surface area contributed by atoms with Crippen LogP contribution in [-0.2, 0) is 0 Å². The Morgan fingerprint density at radius 3 is 2.42 bits per heavy atom. The molecule has 0 aliphatic heterocycles. The first kappa shape index (κ1) is 13.6. The highest BCUT2D eigenvalue weighted by Crippen LogP contribution is 2.49. The maximum atomic E-state index is 3.83. The van der Waals surface area contributed by atoms with Crippen LogP contribution < -0.4 is 5.32 Å². The van der Waals surface area contributed by atoms with Crippen LogP contribution in [0, 0.1) is 17.8 Å². The smallest absolute Gasteiger partial charge is 0.0318 e. The lowest BCUT2D eigenvalue weighted by molar-refractivity contribution is 0.353. The number of hydrogen-bond acceptors (Lipinski definition) is 1. The lowest BCUT2D eigenvalue weighted by Crippen LogP contribution is -2.29. The van der Waals surface area contributed by atoms with Crippen LogP contribution in [0.25, 0.3) is 0 Å². The molecular weight excluding hydrogens is 298 g/mol. The molecule has 1 aromatic rings. The van der Waals surface area contributed by atoms with E-state index in [0.29, 0.717) is 6.04 Å². The standard InChI is InChI=1S/C17H24BrN/c1-2-17(14-4-3-5-15(18)10-14)19-11-16(12-6-7-12)13-8-9-13/h3-5,10,12-13,16-17,19H,2,6-9,11H2,1H3. The molecule has 2 aliphatic carbocycles. The topological polar surface area (TPSA) is 12.0 Å². The molecule has 3 rings (SSSR count). The minimum Gasteiger partial charge on any atom is -0.310 e. The Morgan fingerprint density at radius 2 is 1.89 bits per heavy atom. The van der Waals surface area contributed by atoms with E-state index in [2.05, 4.69) is 52.4 Å². The zero-order valence-corrected chi connectivity index (χ0v) is 13.3. The van der Waals surface area contributed by atoms with E-state index in [1.807, 2.05) is 0 Å². The lowest BCUT2D eigenvalue weighted by Gasteiger charge is -2.22. The Kier molecular flexibility index (Phi) is 4.28. The van der Waals surface area contributed by atoms with Gasteiger partial charge < -0.3 is 5.32 Å². The van der Waals surface area contributed by atoms with Crippen molar-refractivity contribution in [2.24, 2.45) is 17.8 Å². The zero-order valence-electron chi connectivity index (χ0n) is 11.7. The molecule has 2 fully saturated rings. The molecule has 104 valence electrons. The van der Waals surface area contributed by atoms with Crippen molar-refractivity contribution >= 4 is 15.9 Å².